The molecule has 0 bridgehead atoms. The van der Waals surface area contributed by atoms with E-state index in [0.717, 1.165) is 12.1 Å². The Balaban J connectivity index is 2.19. The van der Waals surface area contributed by atoms with Crippen molar-refractivity contribution in [2.75, 3.05) is 0 Å². The van der Waals surface area contributed by atoms with Crippen molar-refractivity contribution in [3.8, 4) is 0 Å². The van der Waals surface area contributed by atoms with Crippen LogP contribution >= 0.6 is 27.5 Å². The van der Waals surface area contributed by atoms with Gasteiger partial charge in [-0.2, -0.15) is 13.2 Å². The SMILES string of the molecule is FC(F)(F)c1ccc(Cn2nnc(Br)c2Cl)cc1. The van der Waals surface area contributed by atoms with Gasteiger partial charge in [0.2, 0.25) is 0 Å². The second kappa shape index (κ2) is 4.89. The summed E-state index contributed by atoms with van der Waals surface area (Å²) in [4.78, 5) is 0. The van der Waals surface area contributed by atoms with E-state index >= 15 is 0 Å². The van der Waals surface area contributed by atoms with Crippen molar-refractivity contribution in [2.24, 2.45) is 0 Å². The first kappa shape index (κ1) is 13.4. The summed E-state index contributed by atoms with van der Waals surface area (Å²) >= 11 is 8.97. The summed E-state index contributed by atoms with van der Waals surface area (Å²) < 4.78 is 38.9. The number of halogens is 5. The molecule has 0 fully saturated rings. The Morgan fingerprint density at radius 1 is 1.22 bits per heavy atom. The van der Waals surface area contributed by atoms with Crippen LogP contribution in [0.15, 0.2) is 28.9 Å². The zero-order valence-corrected chi connectivity index (χ0v) is 11.1. The third-order valence-electron chi connectivity index (χ3n) is 2.25. The predicted molar refractivity (Wildman–Crippen MR) is 63.3 cm³/mol. The van der Waals surface area contributed by atoms with Crippen molar-refractivity contribution in [1.82, 2.24) is 15.0 Å². The third kappa shape index (κ3) is 2.84. The molecule has 0 aliphatic rings. The molecule has 0 radical (unpaired) electrons. The Morgan fingerprint density at radius 3 is 2.28 bits per heavy atom. The number of hydrogen-bond donors (Lipinski definition) is 0. The maximum absolute atomic E-state index is 12.4. The standard InChI is InChI=1S/C10H6BrClF3N3/c11-8-9(12)18(17-16-8)5-6-1-3-7(4-2-6)10(13,14)15/h1-4H,5H2. The molecular formula is C10H6BrClF3N3. The number of hydrogen-bond acceptors (Lipinski definition) is 2. The quantitative estimate of drug-likeness (QED) is 0.833. The molecule has 3 nitrogen and oxygen atoms in total. The van der Waals surface area contributed by atoms with Crippen LogP contribution < -0.4 is 0 Å². The minimum Gasteiger partial charge on any atom is -0.228 e. The molecule has 0 atom stereocenters. The van der Waals surface area contributed by atoms with Crippen LogP contribution in [0.3, 0.4) is 0 Å². The number of aromatic nitrogens is 3. The average molecular weight is 341 g/mol. The largest absolute Gasteiger partial charge is 0.416 e. The molecule has 0 amide bonds. The van der Waals surface area contributed by atoms with Gasteiger partial charge in [-0.3, -0.25) is 0 Å². The highest BCUT2D eigenvalue weighted by Crippen LogP contribution is 2.29. The van der Waals surface area contributed by atoms with Crippen LogP contribution in [0.1, 0.15) is 11.1 Å². The lowest BCUT2D eigenvalue weighted by Crippen LogP contribution is -2.06. The second-order valence-corrected chi connectivity index (χ2v) is 4.63. The molecule has 0 unspecified atom stereocenters. The molecule has 18 heavy (non-hydrogen) atoms. The van der Waals surface area contributed by atoms with Gasteiger partial charge in [-0.15, -0.1) is 5.10 Å². The molecule has 8 heteroatoms. The summed E-state index contributed by atoms with van der Waals surface area (Å²) in [5.41, 5.74) is -0.0283. The molecule has 0 aliphatic carbocycles. The normalized spacial score (nSPS) is 11.8. The summed E-state index contributed by atoms with van der Waals surface area (Å²) in [7, 11) is 0. The molecule has 2 rings (SSSR count). The van der Waals surface area contributed by atoms with E-state index in [-0.39, 0.29) is 6.54 Å². The minimum atomic E-state index is -4.33. The van der Waals surface area contributed by atoms with Gasteiger partial charge in [-0.05, 0) is 33.6 Å². The first-order valence-electron chi connectivity index (χ1n) is 4.78. The van der Waals surface area contributed by atoms with Crippen molar-refractivity contribution in [1.29, 1.82) is 0 Å². The van der Waals surface area contributed by atoms with Crippen LogP contribution in [0, 0.1) is 0 Å². The van der Waals surface area contributed by atoms with E-state index in [2.05, 4.69) is 26.2 Å². The van der Waals surface area contributed by atoms with Crippen LogP contribution in [0.5, 0.6) is 0 Å². The monoisotopic (exact) mass is 339 g/mol. The number of rotatable bonds is 2. The molecule has 0 saturated carbocycles. The summed E-state index contributed by atoms with van der Waals surface area (Å²) in [6.07, 6.45) is -4.33. The van der Waals surface area contributed by atoms with Crippen LogP contribution in [0.4, 0.5) is 13.2 Å². The Labute approximate surface area is 114 Å². The summed E-state index contributed by atoms with van der Waals surface area (Å²) in [5.74, 6) is 0. The van der Waals surface area contributed by atoms with Crippen molar-refractivity contribution in [2.45, 2.75) is 12.7 Å². The predicted octanol–water partition coefficient (Wildman–Crippen LogP) is 3.76. The van der Waals surface area contributed by atoms with Crippen molar-refractivity contribution in [3.63, 3.8) is 0 Å². The van der Waals surface area contributed by atoms with Gasteiger partial charge in [-0.1, -0.05) is 28.9 Å². The lowest BCUT2D eigenvalue weighted by Gasteiger charge is -2.07. The van der Waals surface area contributed by atoms with Crippen LogP contribution in [-0.4, -0.2) is 15.0 Å². The number of nitrogens with zero attached hydrogens (tertiary/aromatic N) is 3. The van der Waals surface area contributed by atoms with Gasteiger partial charge in [0.1, 0.15) is 0 Å². The van der Waals surface area contributed by atoms with E-state index in [1.54, 1.807) is 0 Å². The zero-order valence-electron chi connectivity index (χ0n) is 8.75. The van der Waals surface area contributed by atoms with Gasteiger partial charge in [0.15, 0.2) is 9.76 Å². The van der Waals surface area contributed by atoms with E-state index in [1.165, 1.54) is 16.8 Å². The molecular weight excluding hydrogens is 334 g/mol. The van der Waals surface area contributed by atoms with E-state index in [0.29, 0.717) is 15.3 Å². The highest BCUT2D eigenvalue weighted by atomic mass is 79.9. The van der Waals surface area contributed by atoms with Gasteiger partial charge in [0.25, 0.3) is 0 Å². The molecule has 1 aromatic heterocycles. The summed E-state index contributed by atoms with van der Waals surface area (Å²) in [6.45, 7) is 0.259. The topological polar surface area (TPSA) is 30.7 Å². The summed E-state index contributed by atoms with van der Waals surface area (Å²) in [6, 6.07) is 4.81. The number of benzene rings is 1. The van der Waals surface area contributed by atoms with Gasteiger partial charge < -0.3 is 0 Å². The lowest BCUT2D eigenvalue weighted by molar-refractivity contribution is -0.137. The van der Waals surface area contributed by atoms with Gasteiger partial charge in [0.05, 0.1) is 12.1 Å². The Hall–Kier alpha value is -1.08. The second-order valence-electron chi connectivity index (χ2n) is 3.52. The van der Waals surface area contributed by atoms with Crippen LogP contribution in [-0.2, 0) is 12.7 Å². The highest BCUT2D eigenvalue weighted by molar-refractivity contribution is 9.10. The molecule has 96 valence electrons. The van der Waals surface area contributed by atoms with Gasteiger partial charge >= 0.3 is 6.18 Å². The molecule has 0 aliphatic heterocycles. The fraction of sp³-hybridized carbons (Fsp3) is 0.200. The highest BCUT2D eigenvalue weighted by Gasteiger charge is 2.29. The molecule has 1 aromatic carbocycles. The molecule has 2 aromatic rings. The van der Waals surface area contributed by atoms with Gasteiger partial charge in [0, 0.05) is 0 Å². The molecule has 1 heterocycles. The Morgan fingerprint density at radius 2 is 1.83 bits per heavy atom. The Bertz CT molecular complexity index is 550. The first-order valence-corrected chi connectivity index (χ1v) is 5.95. The van der Waals surface area contributed by atoms with Crippen molar-refractivity contribution < 1.29 is 13.2 Å². The molecule has 0 N–H and O–H groups in total. The van der Waals surface area contributed by atoms with E-state index < -0.39 is 11.7 Å². The smallest absolute Gasteiger partial charge is 0.228 e. The van der Waals surface area contributed by atoms with Crippen LogP contribution in [0.2, 0.25) is 5.15 Å². The summed E-state index contributed by atoms with van der Waals surface area (Å²) in [5, 5.41) is 7.74. The van der Waals surface area contributed by atoms with E-state index in [1.807, 2.05) is 0 Å². The van der Waals surface area contributed by atoms with E-state index in [4.69, 9.17) is 11.6 Å². The van der Waals surface area contributed by atoms with Crippen molar-refractivity contribution in [3.05, 3.63) is 45.1 Å². The van der Waals surface area contributed by atoms with Crippen LogP contribution in [0.25, 0.3) is 0 Å². The van der Waals surface area contributed by atoms with Crippen molar-refractivity contribution >= 4 is 27.5 Å². The van der Waals surface area contributed by atoms with E-state index in [9.17, 15) is 13.2 Å². The van der Waals surface area contributed by atoms with Gasteiger partial charge in [-0.25, -0.2) is 4.68 Å². The minimum absolute atomic E-state index is 0.259. The fourth-order valence-electron chi connectivity index (χ4n) is 1.35. The maximum Gasteiger partial charge on any atom is 0.416 e. The Kier molecular flexibility index (Phi) is 3.63. The zero-order chi connectivity index (χ0) is 13.3. The lowest BCUT2D eigenvalue weighted by atomic mass is 10.1. The molecule has 0 spiro atoms. The molecule has 0 saturated heterocycles. The first-order chi connectivity index (χ1) is 8.38. The number of alkyl halides is 3. The fourth-order valence-corrected chi connectivity index (χ4v) is 1.76. The maximum atomic E-state index is 12.4. The average Bonchev–Trinajstić information content (AvgIpc) is 2.61. The third-order valence-corrected chi connectivity index (χ3v) is 3.39.